The molecular formula is C11H22O2. The van der Waals surface area contributed by atoms with Gasteiger partial charge in [0.15, 0.2) is 0 Å². The van der Waals surface area contributed by atoms with Gasteiger partial charge in [-0.15, -0.1) is 0 Å². The lowest BCUT2D eigenvalue weighted by Crippen LogP contribution is -2.25. The van der Waals surface area contributed by atoms with Crippen molar-refractivity contribution < 1.29 is 9.84 Å². The van der Waals surface area contributed by atoms with Crippen LogP contribution >= 0.6 is 0 Å². The molecule has 1 N–H and O–H groups in total. The van der Waals surface area contributed by atoms with Gasteiger partial charge in [-0.25, -0.2) is 0 Å². The first kappa shape index (κ1) is 11.0. The Bertz CT molecular complexity index is 154. The molecule has 0 radical (unpaired) electrons. The summed E-state index contributed by atoms with van der Waals surface area (Å²) in [6.07, 6.45) is 5.48. The predicted molar refractivity (Wildman–Crippen MR) is 53.7 cm³/mol. The van der Waals surface area contributed by atoms with Crippen molar-refractivity contribution in [1.82, 2.24) is 0 Å². The van der Waals surface area contributed by atoms with Crippen LogP contribution in [0.15, 0.2) is 0 Å². The second kappa shape index (κ2) is 4.43. The first-order valence-electron chi connectivity index (χ1n) is 5.28. The number of methoxy groups -OCH3 is 1. The molecule has 2 heteroatoms. The number of rotatable bonds is 4. The molecule has 13 heavy (non-hydrogen) atoms. The summed E-state index contributed by atoms with van der Waals surface area (Å²) in [5.74, 6) is 0.523. The minimum absolute atomic E-state index is 0.0255. The van der Waals surface area contributed by atoms with Gasteiger partial charge in [0.25, 0.3) is 0 Å². The lowest BCUT2D eigenvalue weighted by Gasteiger charge is -2.25. The van der Waals surface area contributed by atoms with E-state index in [1.54, 1.807) is 7.11 Å². The Kier molecular flexibility index (Phi) is 3.74. The molecule has 0 aliphatic heterocycles. The average Bonchev–Trinajstić information content (AvgIpc) is 2.48. The first-order chi connectivity index (χ1) is 6.05. The van der Waals surface area contributed by atoms with E-state index in [9.17, 15) is 5.11 Å². The van der Waals surface area contributed by atoms with Crippen molar-refractivity contribution in [1.29, 1.82) is 0 Å². The van der Waals surface area contributed by atoms with Crippen LogP contribution in [-0.2, 0) is 4.74 Å². The van der Waals surface area contributed by atoms with Crippen LogP contribution in [0.4, 0.5) is 0 Å². The van der Waals surface area contributed by atoms with Crippen molar-refractivity contribution in [3.63, 3.8) is 0 Å². The Hall–Kier alpha value is -0.0800. The molecule has 0 aromatic carbocycles. The van der Waals surface area contributed by atoms with E-state index in [1.807, 2.05) is 0 Å². The van der Waals surface area contributed by atoms with Crippen LogP contribution in [0.25, 0.3) is 0 Å². The molecular weight excluding hydrogens is 164 g/mol. The van der Waals surface area contributed by atoms with Gasteiger partial charge in [-0.2, -0.15) is 0 Å². The van der Waals surface area contributed by atoms with Crippen molar-refractivity contribution >= 4 is 0 Å². The fourth-order valence-electron chi connectivity index (χ4n) is 1.99. The van der Waals surface area contributed by atoms with Crippen LogP contribution in [0.1, 0.15) is 46.0 Å². The molecule has 0 unspecified atom stereocenters. The third-order valence-electron chi connectivity index (χ3n) is 3.29. The summed E-state index contributed by atoms with van der Waals surface area (Å²) in [6.45, 7) is 4.21. The second-order valence-corrected chi connectivity index (χ2v) is 4.76. The van der Waals surface area contributed by atoms with Crippen LogP contribution in [0.2, 0.25) is 0 Å². The summed E-state index contributed by atoms with van der Waals surface area (Å²) in [5, 5.41) is 9.62. The summed E-state index contributed by atoms with van der Waals surface area (Å²) < 4.78 is 5.35. The fraction of sp³-hybridized carbons (Fsp3) is 1.00. The Morgan fingerprint density at radius 2 is 2.08 bits per heavy atom. The van der Waals surface area contributed by atoms with Crippen molar-refractivity contribution in [2.24, 2.45) is 5.92 Å². The second-order valence-electron chi connectivity index (χ2n) is 4.76. The smallest absolute Gasteiger partial charge is 0.0622 e. The highest BCUT2D eigenvalue weighted by atomic mass is 16.5. The van der Waals surface area contributed by atoms with Gasteiger partial charge in [-0.1, -0.05) is 6.42 Å². The lowest BCUT2D eigenvalue weighted by atomic mass is 9.93. The summed E-state index contributed by atoms with van der Waals surface area (Å²) in [6, 6.07) is 0. The van der Waals surface area contributed by atoms with E-state index in [4.69, 9.17) is 4.74 Å². The number of aliphatic hydroxyl groups is 1. The molecule has 0 aromatic heterocycles. The summed E-state index contributed by atoms with van der Waals surface area (Å²) >= 11 is 0. The monoisotopic (exact) mass is 186 g/mol. The zero-order valence-corrected chi connectivity index (χ0v) is 9.05. The Balaban J connectivity index is 2.25. The van der Waals surface area contributed by atoms with Gasteiger partial charge >= 0.3 is 0 Å². The largest absolute Gasteiger partial charge is 0.393 e. The molecule has 1 rings (SSSR count). The molecule has 0 amide bonds. The topological polar surface area (TPSA) is 29.5 Å². The standard InChI is InChI=1S/C11H22O2/c1-11(2,13-3)8-7-9-5-4-6-10(9)12/h9-10,12H,4-8H2,1-3H3/t9-,10+/m0/s1. The van der Waals surface area contributed by atoms with E-state index < -0.39 is 0 Å². The third-order valence-corrected chi connectivity index (χ3v) is 3.29. The molecule has 2 atom stereocenters. The summed E-state index contributed by atoms with van der Waals surface area (Å²) in [5.41, 5.74) is -0.0255. The normalized spacial score (nSPS) is 29.5. The van der Waals surface area contributed by atoms with E-state index in [1.165, 1.54) is 12.8 Å². The highest BCUT2D eigenvalue weighted by Gasteiger charge is 2.27. The Morgan fingerprint density at radius 3 is 2.54 bits per heavy atom. The zero-order chi connectivity index (χ0) is 9.90. The van der Waals surface area contributed by atoms with Crippen LogP contribution in [0.3, 0.4) is 0 Å². The van der Waals surface area contributed by atoms with E-state index in [0.29, 0.717) is 5.92 Å². The number of aliphatic hydroxyl groups excluding tert-OH is 1. The Morgan fingerprint density at radius 1 is 1.38 bits per heavy atom. The van der Waals surface area contributed by atoms with Crippen LogP contribution in [-0.4, -0.2) is 23.9 Å². The van der Waals surface area contributed by atoms with Gasteiger partial charge in [0, 0.05) is 7.11 Å². The molecule has 1 aliphatic carbocycles. The van der Waals surface area contributed by atoms with Crippen LogP contribution < -0.4 is 0 Å². The quantitative estimate of drug-likeness (QED) is 0.730. The molecule has 1 fully saturated rings. The van der Waals surface area contributed by atoms with Crippen LogP contribution in [0, 0.1) is 5.92 Å². The minimum Gasteiger partial charge on any atom is -0.393 e. The van der Waals surface area contributed by atoms with Crippen molar-refractivity contribution in [2.45, 2.75) is 57.7 Å². The maximum absolute atomic E-state index is 9.62. The highest BCUT2D eigenvalue weighted by Crippen LogP contribution is 2.31. The van der Waals surface area contributed by atoms with Gasteiger partial charge in [0.05, 0.1) is 11.7 Å². The van der Waals surface area contributed by atoms with Crippen molar-refractivity contribution in [2.75, 3.05) is 7.11 Å². The highest BCUT2D eigenvalue weighted by molar-refractivity contribution is 4.79. The van der Waals surface area contributed by atoms with Crippen molar-refractivity contribution in [3.05, 3.63) is 0 Å². The fourth-order valence-corrected chi connectivity index (χ4v) is 1.99. The minimum atomic E-state index is -0.0485. The van der Waals surface area contributed by atoms with Crippen LogP contribution in [0.5, 0.6) is 0 Å². The van der Waals surface area contributed by atoms with Gasteiger partial charge in [0.1, 0.15) is 0 Å². The Labute approximate surface area is 81.3 Å². The van der Waals surface area contributed by atoms with Gasteiger partial charge in [0.2, 0.25) is 0 Å². The predicted octanol–water partition coefficient (Wildman–Crippen LogP) is 2.35. The lowest BCUT2D eigenvalue weighted by molar-refractivity contribution is 0.00521. The van der Waals surface area contributed by atoms with Crippen molar-refractivity contribution in [3.8, 4) is 0 Å². The molecule has 0 aromatic rings. The molecule has 0 heterocycles. The zero-order valence-electron chi connectivity index (χ0n) is 9.05. The van der Waals surface area contributed by atoms with Gasteiger partial charge in [-0.05, 0) is 45.4 Å². The van der Waals surface area contributed by atoms with Gasteiger partial charge in [-0.3, -0.25) is 0 Å². The number of hydrogen-bond acceptors (Lipinski definition) is 2. The SMILES string of the molecule is COC(C)(C)CC[C@@H]1CCC[C@H]1O. The number of ether oxygens (including phenoxy) is 1. The molecule has 1 saturated carbocycles. The maximum Gasteiger partial charge on any atom is 0.0622 e. The van der Waals surface area contributed by atoms with E-state index in [2.05, 4.69) is 13.8 Å². The first-order valence-corrected chi connectivity index (χ1v) is 5.28. The van der Waals surface area contributed by atoms with E-state index >= 15 is 0 Å². The average molecular weight is 186 g/mol. The summed E-state index contributed by atoms with van der Waals surface area (Å²) in [4.78, 5) is 0. The molecule has 0 saturated heterocycles. The molecule has 78 valence electrons. The molecule has 2 nitrogen and oxygen atoms in total. The maximum atomic E-state index is 9.62. The molecule has 0 spiro atoms. The molecule has 1 aliphatic rings. The van der Waals surface area contributed by atoms with E-state index in [-0.39, 0.29) is 11.7 Å². The molecule has 0 bridgehead atoms. The summed E-state index contributed by atoms with van der Waals surface area (Å²) in [7, 11) is 1.76. The third kappa shape index (κ3) is 3.28. The van der Waals surface area contributed by atoms with E-state index in [0.717, 1.165) is 19.3 Å². The van der Waals surface area contributed by atoms with Gasteiger partial charge < -0.3 is 9.84 Å². The number of hydrogen-bond donors (Lipinski definition) is 1.